The number of aromatic nitrogens is 3. The highest BCUT2D eigenvalue weighted by Crippen LogP contribution is 2.29. The van der Waals surface area contributed by atoms with E-state index >= 15 is 0 Å². The minimum Gasteiger partial charge on any atom is -0.309 e. The lowest BCUT2D eigenvalue weighted by Gasteiger charge is -2.05. The molecule has 0 saturated heterocycles. The number of pyridine rings is 1. The summed E-state index contributed by atoms with van der Waals surface area (Å²) in [7, 11) is 0. The molecule has 2 rings (SSSR count). The Balaban J connectivity index is 1.86. The maximum absolute atomic E-state index is 11.8. The Bertz CT molecular complexity index is 638. The first-order valence-electron chi connectivity index (χ1n) is 5.78. The number of amides is 1. The summed E-state index contributed by atoms with van der Waals surface area (Å²) in [4.78, 5) is 15.8. The zero-order chi connectivity index (χ0) is 15.2. The van der Waals surface area contributed by atoms with Gasteiger partial charge in [-0.15, -0.1) is 10.2 Å². The summed E-state index contributed by atoms with van der Waals surface area (Å²) < 4.78 is 1.67. The number of hydrogen-bond donors (Lipinski definition) is 1. The number of anilines is 1. The quantitative estimate of drug-likeness (QED) is 0.761. The van der Waals surface area contributed by atoms with E-state index in [1.165, 1.54) is 35.4 Å². The second-order valence-electron chi connectivity index (χ2n) is 3.59. The third-order valence-corrected chi connectivity index (χ3v) is 5.61. The van der Waals surface area contributed by atoms with Gasteiger partial charge in [0.15, 0.2) is 14.5 Å². The zero-order valence-electron chi connectivity index (χ0n) is 10.8. The molecule has 0 aliphatic heterocycles. The van der Waals surface area contributed by atoms with Crippen molar-refractivity contribution >= 4 is 69.8 Å². The lowest BCUT2D eigenvalue weighted by molar-refractivity contribution is -0.113. The van der Waals surface area contributed by atoms with Crippen molar-refractivity contribution in [3.63, 3.8) is 0 Å². The normalized spacial score (nSPS) is 10.6. The summed E-state index contributed by atoms with van der Waals surface area (Å²) >= 11 is 16.1. The molecule has 0 aromatic carbocycles. The molecule has 2 heterocycles. The predicted molar refractivity (Wildman–Crippen MR) is 89.9 cm³/mol. The van der Waals surface area contributed by atoms with Crippen LogP contribution in [-0.2, 0) is 4.79 Å². The Kier molecular flexibility index (Phi) is 6.56. The van der Waals surface area contributed by atoms with E-state index < -0.39 is 0 Å². The fourth-order valence-corrected chi connectivity index (χ4v) is 4.38. The van der Waals surface area contributed by atoms with E-state index in [0.717, 1.165) is 14.4 Å². The van der Waals surface area contributed by atoms with Gasteiger partial charge in [0.1, 0.15) is 0 Å². The second kappa shape index (κ2) is 8.19. The Morgan fingerprint density at radius 3 is 2.71 bits per heavy atom. The lowest BCUT2D eigenvalue weighted by Crippen LogP contribution is -2.15. The number of halogens is 2. The molecule has 112 valence electrons. The van der Waals surface area contributed by atoms with E-state index in [-0.39, 0.29) is 11.7 Å². The summed E-state index contributed by atoms with van der Waals surface area (Å²) in [5.41, 5.74) is 0. The van der Waals surface area contributed by atoms with Gasteiger partial charge in [0, 0.05) is 6.20 Å². The molecule has 0 fully saturated rings. The van der Waals surface area contributed by atoms with Crippen molar-refractivity contribution in [2.24, 2.45) is 0 Å². The molecular weight excluding hydrogens is 371 g/mol. The molecule has 0 bridgehead atoms. The van der Waals surface area contributed by atoms with E-state index in [9.17, 15) is 4.79 Å². The first kappa shape index (κ1) is 16.8. The highest BCUT2D eigenvalue weighted by molar-refractivity contribution is 8.03. The molecule has 1 N–H and O–H groups in total. The molecule has 2 aromatic rings. The van der Waals surface area contributed by atoms with Gasteiger partial charge in [-0.1, -0.05) is 65.0 Å². The Labute approximate surface area is 144 Å². The van der Waals surface area contributed by atoms with Crippen LogP contribution in [0, 0.1) is 0 Å². The maximum atomic E-state index is 11.8. The summed E-state index contributed by atoms with van der Waals surface area (Å²) in [5, 5.41) is 11.4. The molecule has 5 nitrogen and oxygen atoms in total. The molecule has 0 aliphatic rings. The van der Waals surface area contributed by atoms with E-state index in [0.29, 0.717) is 15.9 Å². The Morgan fingerprint density at radius 1 is 1.33 bits per heavy atom. The van der Waals surface area contributed by atoms with E-state index in [1.807, 2.05) is 0 Å². The van der Waals surface area contributed by atoms with Crippen molar-refractivity contribution in [2.45, 2.75) is 15.6 Å². The van der Waals surface area contributed by atoms with Crippen LogP contribution in [0.15, 0.2) is 20.9 Å². The molecule has 0 saturated carbocycles. The van der Waals surface area contributed by atoms with Crippen molar-refractivity contribution < 1.29 is 4.79 Å². The number of nitrogens with zero attached hydrogens (tertiary/aromatic N) is 3. The molecule has 10 heteroatoms. The minimum atomic E-state index is -0.211. The van der Waals surface area contributed by atoms with Gasteiger partial charge in [-0.05, 0) is 11.8 Å². The van der Waals surface area contributed by atoms with Crippen molar-refractivity contribution in [3.05, 3.63) is 22.3 Å². The summed E-state index contributed by atoms with van der Waals surface area (Å²) in [5.74, 6) is 1.25. The van der Waals surface area contributed by atoms with Crippen LogP contribution in [0.4, 0.5) is 5.82 Å². The molecule has 0 unspecified atom stereocenters. The molecule has 0 atom stereocenters. The second-order valence-corrected chi connectivity index (χ2v) is 8.14. The number of hydrogen-bond acceptors (Lipinski definition) is 7. The van der Waals surface area contributed by atoms with Gasteiger partial charge in [-0.3, -0.25) is 4.79 Å². The monoisotopic (exact) mass is 380 g/mol. The van der Waals surface area contributed by atoms with Crippen molar-refractivity contribution in [3.8, 4) is 0 Å². The van der Waals surface area contributed by atoms with E-state index in [4.69, 9.17) is 23.2 Å². The van der Waals surface area contributed by atoms with Crippen LogP contribution in [-0.4, -0.2) is 32.6 Å². The molecule has 21 heavy (non-hydrogen) atoms. The average Bonchev–Trinajstić information content (AvgIpc) is 2.88. The van der Waals surface area contributed by atoms with Crippen LogP contribution in [0.1, 0.15) is 6.92 Å². The predicted octanol–water partition coefficient (Wildman–Crippen LogP) is 4.08. The van der Waals surface area contributed by atoms with Gasteiger partial charge in [-0.2, -0.15) is 0 Å². The third kappa shape index (κ3) is 5.30. The number of carbonyl (C=O) groups excluding carboxylic acids is 1. The summed E-state index contributed by atoms with van der Waals surface area (Å²) in [6, 6.07) is 1.53. The summed E-state index contributed by atoms with van der Waals surface area (Å²) in [6.45, 7) is 2.05. The van der Waals surface area contributed by atoms with Gasteiger partial charge >= 0.3 is 0 Å². The number of nitrogens with one attached hydrogen (secondary N) is 1. The number of rotatable bonds is 6. The van der Waals surface area contributed by atoms with Crippen molar-refractivity contribution in [1.29, 1.82) is 0 Å². The largest absolute Gasteiger partial charge is 0.309 e. The van der Waals surface area contributed by atoms with Gasteiger partial charge in [-0.25, -0.2) is 4.98 Å². The molecule has 0 radical (unpaired) electrons. The van der Waals surface area contributed by atoms with E-state index in [2.05, 4.69) is 27.4 Å². The zero-order valence-corrected chi connectivity index (χ0v) is 14.8. The van der Waals surface area contributed by atoms with Gasteiger partial charge < -0.3 is 5.32 Å². The van der Waals surface area contributed by atoms with Crippen LogP contribution < -0.4 is 5.32 Å². The minimum absolute atomic E-state index is 0.211. The van der Waals surface area contributed by atoms with Crippen LogP contribution in [0.3, 0.4) is 0 Å². The van der Waals surface area contributed by atoms with Crippen molar-refractivity contribution in [1.82, 2.24) is 15.2 Å². The molecule has 0 spiro atoms. The van der Waals surface area contributed by atoms with Crippen LogP contribution in [0.5, 0.6) is 0 Å². The fraction of sp³-hybridized carbons (Fsp3) is 0.273. The van der Waals surface area contributed by atoms with Gasteiger partial charge in [0.05, 0.1) is 15.8 Å². The lowest BCUT2D eigenvalue weighted by atomic mass is 10.4. The maximum Gasteiger partial charge on any atom is 0.236 e. The molecule has 1 amide bonds. The van der Waals surface area contributed by atoms with Crippen molar-refractivity contribution in [2.75, 3.05) is 16.8 Å². The number of carbonyl (C=O) groups is 1. The first-order valence-corrected chi connectivity index (χ1v) is 9.33. The Hall–Kier alpha value is -0.540. The molecular formula is C11H10Cl2N4OS3. The Morgan fingerprint density at radius 2 is 2.05 bits per heavy atom. The first-order chi connectivity index (χ1) is 10.1. The summed E-state index contributed by atoms with van der Waals surface area (Å²) in [6.07, 6.45) is 1.43. The highest BCUT2D eigenvalue weighted by atomic mass is 35.5. The van der Waals surface area contributed by atoms with E-state index in [1.54, 1.807) is 11.8 Å². The smallest absolute Gasteiger partial charge is 0.236 e. The van der Waals surface area contributed by atoms with Gasteiger partial charge in [0.25, 0.3) is 0 Å². The highest BCUT2D eigenvalue weighted by Gasteiger charge is 2.11. The number of thioether (sulfide) groups is 2. The van der Waals surface area contributed by atoms with Crippen LogP contribution in [0.2, 0.25) is 10.0 Å². The third-order valence-electron chi connectivity index (χ3n) is 2.05. The van der Waals surface area contributed by atoms with Crippen LogP contribution >= 0.6 is 58.1 Å². The topological polar surface area (TPSA) is 67.8 Å². The molecule has 2 aromatic heterocycles. The standard InChI is InChI=1S/C11H10Cl2N4OS3/c1-2-19-10-16-17-11(21-10)20-5-8(18)15-9-7(13)3-6(12)4-14-9/h3-4H,2,5H2,1H3,(H,14,15,18). The average molecular weight is 381 g/mol. The van der Waals surface area contributed by atoms with Gasteiger partial charge in [0.2, 0.25) is 5.91 Å². The fourth-order valence-electron chi connectivity index (χ4n) is 1.24. The van der Waals surface area contributed by atoms with Crippen LogP contribution in [0.25, 0.3) is 0 Å². The SMILES string of the molecule is CCSc1nnc(SCC(=O)Nc2ncc(Cl)cc2Cl)s1. The molecule has 0 aliphatic carbocycles.